The van der Waals surface area contributed by atoms with E-state index in [0.717, 1.165) is 44.8 Å². The van der Waals surface area contributed by atoms with Gasteiger partial charge in [-0.2, -0.15) is 0 Å². The molecule has 0 saturated carbocycles. The molecular weight excluding hydrogens is 350 g/mol. The Hall–Kier alpha value is -2.14. The van der Waals surface area contributed by atoms with E-state index in [1.54, 1.807) is 0 Å². The summed E-state index contributed by atoms with van der Waals surface area (Å²) < 4.78 is 5.34. The summed E-state index contributed by atoms with van der Waals surface area (Å²) in [5.41, 5.74) is 3.76. The van der Waals surface area contributed by atoms with Crippen molar-refractivity contribution >= 4 is 5.91 Å². The second-order valence-electron chi connectivity index (χ2n) is 9.05. The van der Waals surface area contributed by atoms with E-state index < -0.39 is 0 Å². The molecule has 0 N–H and O–H groups in total. The van der Waals surface area contributed by atoms with Gasteiger partial charge in [0, 0.05) is 37.7 Å². The van der Waals surface area contributed by atoms with Crippen LogP contribution < -0.4 is 0 Å². The molecule has 3 heterocycles. The first-order valence-electron chi connectivity index (χ1n) is 10.5. The third kappa shape index (κ3) is 4.00. The van der Waals surface area contributed by atoms with E-state index in [0.29, 0.717) is 5.76 Å². The fourth-order valence-corrected chi connectivity index (χ4v) is 4.77. The zero-order valence-corrected chi connectivity index (χ0v) is 17.3. The lowest BCUT2D eigenvalue weighted by Gasteiger charge is -2.40. The van der Waals surface area contributed by atoms with E-state index in [4.69, 9.17) is 4.52 Å². The van der Waals surface area contributed by atoms with Crippen molar-refractivity contribution in [2.45, 2.75) is 52.5 Å². The molecule has 5 heteroatoms. The van der Waals surface area contributed by atoms with Crippen LogP contribution in [0.15, 0.2) is 34.9 Å². The van der Waals surface area contributed by atoms with E-state index in [-0.39, 0.29) is 17.2 Å². The molecule has 2 aliphatic heterocycles. The number of rotatable bonds is 4. The maximum atomic E-state index is 12.9. The van der Waals surface area contributed by atoms with Crippen LogP contribution >= 0.6 is 0 Å². The van der Waals surface area contributed by atoms with Gasteiger partial charge in [0.1, 0.15) is 0 Å². The summed E-state index contributed by atoms with van der Waals surface area (Å²) in [7, 11) is 0. The summed E-state index contributed by atoms with van der Waals surface area (Å²) in [4.78, 5) is 17.4. The quantitative estimate of drug-likeness (QED) is 0.795. The molecule has 2 saturated heterocycles. The molecule has 1 spiro atoms. The predicted octanol–water partition coefficient (Wildman–Crippen LogP) is 4.23. The van der Waals surface area contributed by atoms with Crippen molar-refractivity contribution < 1.29 is 9.32 Å². The fourth-order valence-electron chi connectivity index (χ4n) is 4.77. The topological polar surface area (TPSA) is 49.6 Å². The summed E-state index contributed by atoms with van der Waals surface area (Å²) >= 11 is 0. The first-order chi connectivity index (χ1) is 13.4. The number of piperidine rings is 1. The zero-order valence-electron chi connectivity index (χ0n) is 17.3. The van der Waals surface area contributed by atoms with Crippen molar-refractivity contribution in [1.82, 2.24) is 15.0 Å². The van der Waals surface area contributed by atoms with Crippen molar-refractivity contribution in [3.8, 4) is 0 Å². The molecule has 0 aliphatic carbocycles. The van der Waals surface area contributed by atoms with E-state index in [9.17, 15) is 4.79 Å². The van der Waals surface area contributed by atoms with Gasteiger partial charge in [0.2, 0.25) is 5.76 Å². The molecule has 0 unspecified atom stereocenters. The molecule has 1 aromatic carbocycles. The van der Waals surface area contributed by atoms with Gasteiger partial charge in [-0.3, -0.25) is 9.69 Å². The molecule has 5 nitrogen and oxygen atoms in total. The summed E-state index contributed by atoms with van der Waals surface area (Å²) in [6.45, 7) is 11.1. The first-order valence-corrected chi connectivity index (χ1v) is 10.5. The number of aryl methyl sites for hydroxylation is 1. The summed E-state index contributed by atoms with van der Waals surface area (Å²) in [5, 5.41) is 4.05. The van der Waals surface area contributed by atoms with Crippen LogP contribution in [0.2, 0.25) is 0 Å². The number of amides is 1. The lowest BCUT2D eigenvalue weighted by molar-refractivity contribution is 0.0644. The van der Waals surface area contributed by atoms with Crippen LogP contribution in [0.3, 0.4) is 0 Å². The van der Waals surface area contributed by atoms with Gasteiger partial charge in [0.05, 0.1) is 5.69 Å². The summed E-state index contributed by atoms with van der Waals surface area (Å²) in [6.07, 6.45) is 3.48. The zero-order chi connectivity index (χ0) is 19.7. The summed E-state index contributed by atoms with van der Waals surface area (Å²) in [6, 6.07) is 10.6. The standard InChI is InChI=1S/C23H31N3O2/c1-17(2)20-13-21(28-24-20)22(27)26-11-9-23(16-26)8-5-10-25(15-23)14-19-7-4-6-18(3)12-19/h4,6-7,12-13,17H,5,8-11,14-16H2,1-3H3/t23-/m0/s1. The fraction of sp³-hybridized carbons (Fsp3) is 0.565. The second kappa shape index (κ2) is 7.70. The van der Waals surface area contributed by atoms with Gasteiger partial charge in [-0.25, -0.2) is 0 Å². The minimum absolute atomic E-state index is 0.00733. The Labute approximate surface area is 167 Å². The molecule has 0 bridgehead atoms. The Balaban J connectivity index is 1.40. The number of carbonyl (C=O) groups excluding carboxylic acids is 1. The molecule has 2 aromatic rings. The van der Waals surface area contributed by atoms with Gasteiger partial charge in [-0.1, -0.05) is 48.8 Å². The van der Waals surface area contributed by atoms with Crippen LogP contribution in [0.1, 0.15) is 66.4 Å². The predicted molar refractivity (Wildman–Crippen MR) is 109 cm³/mol. The van der Waals surface area contributed by atoms with Gasteiger partial charge in [0.15, 0.2) is 0 Å². The highest BCUT2D eigenvalue weighted by atomic mass is 16.5. The van der Waals surface area contributed by atoms with Gasteiger partial charge < -0.3 is 9.42 Å². The molecule has 2 aliphatic rings. The Morgan fingerprint density at radius 2 is 2.07 bits per heavy atom. The number of benzene rings is 1. The first kappa shape index (κ1) is 19.2. The third-order valence-corrected chi connectivity index (χ3v) is 6.29. The minimum Gasteiger partial charge on any atom is -0.351 e. The lowest BCUT2D eigenvalue weighted by atomic mass is 9.79. The van der Waals surface area contributed by atoms with Crippen LogP contribution in [0, 0.1) is 12.3 Å². The Kier molecular flexibility index (Phi) is 5.28. The number of aromatic nitrogens is 1. The number of carbonyl (C=O) groups is 1. The highest BCUT2D eigenvalue weighted by Gasteiger charge is 2.43. The van der Waals surface area contributed by atoms with E-state index in [1.807, 2.05) is 11.0 Å². The smallest absolute Gasteiger partial charge is 0.292 e. The van der Waals surface area contributed by atoms with Crippen LogP contribution in [-0.4, -0.2) is 47.0 Å². The van der Waals surface area contributed by atoms with Gasteiger partial charge >= 0.3 is 0 Å². The third-order valence-electron chi connectivity index (χ3n) is 6.29. The number of likely N-dealkylation sites (tertiary alicyclic amines) is 2. The number of hydrogen-bond donors (Lipinski definition) is 0. The van der Waals surface area contributed by atoms with Crippen molar-refractivity contribution in [3.63, 3.8) is 0 Å². The van der Waals surface area contributed by atoms with E-state index in [1.165, 1.54) is 24.0 Å². The number of hydrogen-bond acceptors (Lipinski definition) is 4. The second-order valence-corrected chi connectivity index (χ2v) is 9.05. The SMILES string of the molecule is Cc1cccc(CN2CCC[C@]3(CCN(C(=O)c4cc(C(C)C)no4)C3)C2)c1. The van der Waals surface area contributed by atoms with Crippen molar-refractivity contribution in [2.75, 3.05) is 26.2 Å². The molecule has 2 fully saturated rings. The van der Waals surface area contributed by atoms with Gasteiger partial charge in [-0.15, -0.1) is 0 Å². The highest BCUT2D eigenvalue weighted by Crippen LogP contribution is 2.40. The number of nitrogens with zero attached hydrogens (tertiary/aromatic N) is 3. The summed E-state index contributed by atoms with van der Waals surface area (Å²) in [5.74, 6) is 0.643. The van der Waals surface area contributed by atoms with Crippen LogP contribution in [0.4, 0.5) is 0 Å². The van der Waals surface area contributed by atoms with Crippen LogP contribution in [0.5, 0.6) is 0 Å². The minimum atomic E-state index is -0.00733. The molecule has 4 rings (SSSR count). The van der Waals surface area contributed by atoms with E-state index >= 15 is 0 Å². The highest BCUT2D eigenvalue weighted by molar-refractivity contribution is 5.91. The lowest BCUT2D eigenvalue weighted by Crippen LogP contribution is -2.45. The molecule has 1 amide bonds. The monoisotopic (exact) mass is 381 g/mol. The Morgan fingerprint density at radius 3 is 2.82 bits per heavy atom. The molecule has 1 aromatic heterocycles. The molecule has 150 valence electrons. The van der Waals surface area contributed by atoms with Crippen LogP contribution in [0.25, 0.3) is 0 Å². The molecule has 1 atom stereocenters. The van der Waals surface area contributed by atoms with E-state index in [2.05, 4.69) is 55.1 Å². The van der Waals surface area contributed by atoms with Crippen molar-refractivity contribution in [2.24, 2.45) is 5.41 Å². The largest absolute Gasteiger partial charge is 0.351 e. The van der Waals surface area contributed by atoms with Crippen molar-refractivity contribution in [1.29, 1.82) is 0 Å². The Morgan fingerprint density at radius 1 is 1.21 bits per heavy atom. The Bertz CT molecular complexity index is 844. The molecule has 0 radical (unpaired) electrons. The van der Waals surface area contributed by atoms with Crippen molar-refractivity contribution in [3.05, 3.63) is 52.9 Å². The maximum absolute atomic E-state index is 12.9. The van der Waals surface area contributed by atoms with Gasteiger partial charge in [-0.05, 0) is 44.2 Å². The molecule has 28 heavy (non-hydrogen) atoms. The van der Waals surface area contributed by atoms with Crippen LogP contribution in [-0.2, 0) is 6.54 Å². The average molecular weight is 382 g/mol. The maximum Gasteiger partial charge on any atom is 0.292 e. The average Bonchev–Trinajstić information content (AvgIpc) is 3.29. The molecular formula is C23H31N3O2. The normalized spacial score (nSPS) is 23.1. The van der Waals surface area contributed by atoms with Gasteiger partial charge in [0.25, 0.3) is 5.91 Å².